The molecule has 0 radical (unpaired) electrons. The Bertz CT molecular complexity index is 768. The van der Waals surface area contributed by atoms with Crippen molar-refractivity contribution in [2.75, 3.05) is 20.3 Å². The second-order valence-electron chi connectivity index (χ2n) is 12.2. The Morgan fingerprint density at radius 1 is 0.810 bits per heavy atom. The van der Waals surface area contributed by atoms with E-state index < -0.39 is 42.3 Å². The van der Waals surface area contributed by atoms with Gasteiger partial charge in [0, 0.05) is 13.5 Å². The molecule has 0 aromatic carbocycles. The number of esters is 1. The number of ether oxygens (including phenoxy) is 2. The minimum Gasteiger partial charge on any atom is -0.464 e. The highest BCUT2D eigenvalue weighted by molar-refractivity contribution is 5.89. The summed E-state index contributed by atoms with van der Waals surface area (Å²) in [7, 11) is 1.17. The van der Waals surface area contributed by atoms with Gasteiger partial charge in [-0.25, -0.2) is 0 Å². The van der Waals surface area contributed by atoms with Crippen LogP contribution in [0.1, 0.15) is 118 Å². The van der Waals surface area contributed by atoms with Gasteiger partial charge in [-0.1, -0.05) is 110 Å². The number of carbonyl (C=O) groups excluding carboxylic acids is 3. The Balaban J connectivity index is 4.14. The second kappa shape index (κ2) is 23.4. The summed E-state index contributed by atoms with van der Waals surface area (Å²) in [4.78, 5) is 36.9. The molecule has 2 amide bonds. The first kappa shape index (κ1) is 40.0. The molecule has 0 aromatic rings. The number of rotatable bonds is 24. The van der Waals surface area contributed by atoms with E-state index in [-0.39, 0.29) is 24.5 Å². The highest BCUT2D eigenvalue weighted by Crippen LogP contribution is 2.17. The zero-order valence-corrected chi connectivity index (χ0v) is 27.0. The summed E-state index contributed by atoms with van der Waals surface area (Å²) < 4.78 is 10.2. The molecule has 0 aromatic heterocycles. The molecule has 10 heteroatoms. The van der Waals surface area contributed by atoms with E-state index in [4.69, 9.17) is 9.47 Å². The largest absolute Gasteiger partial charge is 0.464 e. The summed E-state index contributed by atoms with van der Waals surface area (Å²) in [6.07, 6.45) is 11.7. The molecule has 5 N–H and O–H groups in total. The van der Waals surface area contributed by atoms with Crippen LogP contribution in [0.15, 0.2) is 12.2 Å². The second-order valence-corrected chi connectivity index (χ2v) is 12.2. The molecule has 0 unspecified atom stereocenters. The van der Waals surface area contributed by atoms with Crippen molar-refractivity contribution in [1.29, 1.82) is 0 Å². The van der Waals surface area contributed by atoms with Gasteiger partial charge in [-0.15, -0.1) is 0 Å². The molecule has 10 nitrogen and oxygen atoms in total. The first-order chi connectivity index (χ1) is 19.8. The third kappa shape index (κ3) is 20.0. The van der Waals surface area contributed by atoms with E-state index in [2.05, 4.69) is 17.6 Å². The summed E-state index contributed by atoms with van der Waals surface area (Å²) in [5.41, 5.74) is -0.253. The average molecular weight is 601 g/mol. The van der Waals surface area contributed by atoms with Gasteiger partial charge in [0.15, 0.2) is 6.10 Å². The molecule has 0 heterocycles. The lowest BCUT2D eigenvalue weighted by Gasteiger charge is -2.28. The van der Waals surface area contributed by atoms with Gasteiger partial charge in [0.25, 0.3) is 5.91 Å². The van der Waals surface area contributed by atoms with Crippen molar-refractivity contribution in [3.05, 3.63) is 12.2 Å². The topological polar surface area (TPSA) is 154 Å². The van der Waals surface area contributed by atoms with Crippen LogP contribution in [0.3, 0.4) is 0 Å². The standard InChI is InChI=1S/C32H60N2O8/c1-7-8-9-10-11-12-13-14-15-16-17-18-19-26(36)42-23-22-33-30(39)24(2)34-31(40)29(41-6)28(38)27(37)25(35)20-21-32(3,4)5/h20-21,24-25,27-29,35,37-38H,7-19,22-23H2,1-6H3,(H,33,39)(H,34,40)/b21-20+/t24-,25+,27-,28+,29+/m0/s1. The third-order valence-electron chi connectivity index (χ3n) is 6.97. The van der Waals surface area contributed by atoms with Gasteiger partial charge in [-0.3, -0.25) is 14.4 Å². The summed E-state index contributed by atoms with van der Waals surface area (Å²) in [5, 5.41) is 35.9. The lowest BCUT2D eigenvalue weighted by Crippen LogP contribution is -2.55. The Hall–Kier alpha value is -2.01. The van der Waals surface area contributed by atoms with Crippen LogP contribution in [0.25, 0.3) is 0 Å². The van der Waals surface area contributed by atoms with Gasteiger partial charge in [-0.05, 0) is 18.8 Å². The predicted octanol–water partition coefficient (Wildman–Crippen LogP) is 3.94. The molecule has 5 atom stereocenters. The van der Waals surface area contributed by atoms with E-state index in [1.165, 1.54) is 77.9 Å². The lowest BCUT2D eigenvalue weighted by atomic mass is 9.94. The van der Waals surface area contributed by atoms with Gasteiger partial charge < -0.3 is 35.4 Å². The van der Waals surface area contributed by atoms with Gasteiger partial charge in [-0.2, -0.15) is 0 Å². The molecular weight excluding hydrogens is 540 g/mol. The average Bonchev–Trinajstić information content (AvgIpc) is 2.93. The van der Waals surface area contributed by atoms with Crippen molar-refractivity contribution in [2.45, 2.75) is 149 Å². The van der Waals surface area contributed by atoms with Gasteiger partial charge in [0.2, 0.25) is 5.91 Å². The maximum absolute atomic E-state index is 12.6. The minimum absolute atomic E-state index is 0.0229. The number of amides is 2. The number of aliphatic hydroxyl groups is 3. The zero-order chi connectivity index (χ0) is 32.0. The van der Waals surface area contributed by atoms with E-state index in [1.807, 2.05) is 20.8 Å². The van der Waals surface area contributed by atoms with Crippen molar-refractivity contribution >= 4 is 17.8 Å². The lowest BCUT2D eigenvalue weighted by molar-refractivity contribution is -0.150. The first-order valence-electron chi connectivity index (χ1n) is 15.8. The molecule has 0 aliphatic rings. The molecular formula is C32H60N2O8. The molecule has 0 aliphatic heterocycles. The Morgan fingerprint density at radius 3 is 1.83 bits per heavy atom. The van der Waals surface area contributed by atoms with Crippen LogP contribution in [0.2, 0.25) is 0 Å². The summed E-state index contributed by atoms with van der Waals surface area (Å²) >= 11 is 0. The molecule has 0 spiro atoms. The van der Waals surface area contributed by atoms with Crippen LogP contribution in [-0.2, 0) is 23.9 Å². The van der Waals surface area contributed by atoms with Crippen molar-refractivity contribution in [3.63, 3.8) is 0 Å². The molecule has 0 aliphatic carbocycles. The van der Waals surface area contributed by atoms with E-state index in [0.717, 1.165) is 19.3 Å². The molecule has 246 valence electrons. The number of nitrogens with one attached hydrogen (secondary N) is 2. The normalized spacial score (nSPS) is 15.5. The smallest absolute Gasteiger partial charge is 0.305 e. The monoisotopic (exact) mass is 600 g/mol. The van der Waals surface area contributed by atoms with Crippen molar-refractivity contribution in [3.8, 4) is 0 Å². The molecule has 0 saturated heterocycles. The summed E-state index contributed by atoms with van der Waals surface area (Å²) in [5.74, 6) is -1.64. The number of carbonyl (C=O) groups is 3. The quantitative estimate of drug-likeness (QED) is 0.0634. The fourth-order valence-corrected chi connectivity index (χ4v) is 4.32. The predicted molar refractivity (Wildman–Crippen MR) is 165 cm³/mol. The number of unbranched alkanes of at least 4 members (excludes halogenated alkanes) is 11. The number of methoxy groups -OCH3 is 1. The Morgan fingerprint density at radius 2 is 1.33 bits per heavy atom. The summed E-state index contributed by atoms with van der Waals surface area (Å²) in [6.45, 7) is 9.50. The van der Waals surface area contributed by atoms with Crippen LogP contribution in [0.5, 0.6) is 0 Å². The Kier molecular flexibility index (Phi) is 22.3. The fourth-order valence-electron chi connectivity index (χ4n) is 4.32. The van der Waals surface area contributed by atoms with E-state index in [9.17, 15) is 29.7 Å². The maximum Gasteiger partial charge on any atom is 0.305 e. The van der Waals surface area contributed by atoms with Crippen molar-refractivity contribution in [2.24, 2.45) is 5.41 Å². The maximum atomic E-state index is 12.6. The minimum atomic E-state index is -1.74. The molecule has 0 fully saturated rings. The van der Waals surface area contributed by atoms with Gasteiger partial charge in [0.1, 0.15) is 31.0 Å². The molecule has 0 saturated carbocycles. The SMILES string of the molecule is CCCCCCCCCCCCCCC(=O)OCCNC(=O)[C@H](C)NC(=O)[C@H](OC)[C@H](O)[C@@H](O)[C@H](O)/C=C/C(C)(C)C. The van der Waals surface area contributed by atoms with Crippen LogP contribution in [-0.4, -0.2) is 83.8 Å². The number of hydrogen-bond acceptors (Lipinski definition) is 8. The number of aliphatic hydroxyl groups excluding tert-OH is 3. The fraction of sp³-hybridized carbons (Fsp3) is 0.844. The van der Waals surface area contributed by atoms with Crippen molar-refractivity contribution < 1.29 is 39.2 Å². The molecule has 42 heavy (non-hydrogen) atoms. The highest BCUT2D eigenvalue weighted by Gasteiger charge is 2.36. The molecule has 0 bridgehead atoms. The van der Waals surface area contributed by atoms with E-state index in [0.29, 0.717) is 6.42 Å². The van der Waals surface area contributed by atoms with Gasteiger partial charge in [0.05, 0.1) is 6.54 Å². The highest BCUT2D eigenvalue weighted by atomic mass is 16.5. The van der Waals surface area contributed by atoms with Crippen LogP contribution in [0, 0.1) is 5.41 Å². The van der Waals surface area contributed by atoms with Crippen LogP contribution >= 0.6 is 0 Å². The number of allylic oxidation sites excluding steroid dienone is 1. The first-order valence-corrected chi connectivity index (χ1v) is 15.8. The van der Waals surface area contributed by atoms with Crippen LogP contribution < -0.4 is 10.6 Å². The molecule has 0 rings (SSSR count). The summed E-state index contributed by atoms with van der Waals surface area (Å²) in [6, 6.07) is -0.984. The zero-order valence-electron chi connectivity index (χ0n) is 27.0. The number of hydrogen-bond donors (Lipinski definition) is 5. The van der Waals surface area contributed by atoms with Crippen molar-refractivity contribution in [1.82, 2.24) is 10.6 Å². The Labute approximate surface area is 254 Å². The van der Waals surface area contributed by atoms with Gasteiger partial charge >= 0.3 is 5.97 Å². The van der Waals surface area contributed by atoms with E-state index in [1.54, 1.807) is 6.08 Å². The third-order valence-corrected chi connectivity index (χ3v) is 6.97. The van der Waals surface area contributed by atoms with E-state index >= 15 is 0 Å². The van der Waals surface area contributed by atoms with Crippen LogP contribution in [0.4, 0.5) is 0 Å².